The summed E-state index contributed by atoms with van der Waals surface area (Å²) in [6.45, 7) is 15.1. The highest BCUT2D eigenvalue weighted by molar-refractivity contribution is 9.10. The van der Waals surface area contributed by atoms with E-state index < -0.39 is 0 Å². The van der Waals surface area contributed by atoms with Gasteiger partial charge in [-0.3, -0.25) is 4.79 Å². The van der Waals surface area contributed by atoms with Gasteiger partial charge < -0.3 is 15.1 Å². The lowest BCUT2D eigenvalue weighted by Crippen LogP contribution is -2.37. The minimum absolute atomic E-state index is 0.0206. The van der Waals surface area contributed by atoms with Gasteiger partial charge in [0.1, 0.15) is 12.2 Å². The number of nitrogens with one attached hydrogen (secondary N) is 1. The van der Waals surface area contributed by atoms with Crippen LogP contribution in [0.15, 0.2) is 28.7 Å². The maximum Gasteiger partial charge on any atom is 0.244 e. The monoisotopic (exact) mass is 472 g/mol. The molecule has 0 saturated carbocycles. The molecule has 0 saturated heterocycles. The third-order valence-electron chi connectivity index (χ3n) is 5.54. The van der Waals surface area contributed by atoms with Crippen molar-refractivity contribution in [3.05, 3.63) is 40.0 Å². The van der Waals surface area contributed by atoms with Crippen LogP contribution in [0.5, 0.6) is 0 Å². The smallest absolute Gasteiger partial charge is 0.244 e. The number of anilines is 4. The molecule has 0 unspecified atom stereocenters. The Labute approximate surface area is 189 Å². The molecule has 1 amide bonds. The van der Waals surface area contributed by atoms with Crippen LogP contribution in [-0.4, -0.2) is 30.5 Å². The number of pyridine rings is 1. The predicted molar refractivity (Wildman–Crippen MR) is 130 cm³/mol. The van der Waals surface area contributed by atoms with Crippen LogP contribution in [0.4, 0.5) is 22.9 Å². The minimum Gasteiger partial charge on any atom is -0.370 e. The van der Waals surface area contributed by atoms with Gasteiger partial charge in [0.25, 0.3) is 0 Å². The summed E-state index contributed by atoms with van der Waals surface area (Å²) < 4.78 is 0.971. The van der Waals surface area contributed by atoms with Crippen LogP contribution in [0.3, 0.4) is 0 Å². The Balaban J connectivity index is 2.11. The SMILES string of the molecule is CCCCN(CC)c1cc(C)nc2c1NC(=O)CN2c1ccc(C(C)(C)C)cc1Br. The largest absolute Gasteiger partial charge is 0.370 e. The van der Waals surface area contributed by atoms with Gasteiger partial charge in [0.15, 0.2) is 5.82 Å². The molecule has 0 bridgehead atoms. The number of aryl methyl sites for hydroxylation is 1. The fourth-order valence-electron chi connectivity index (χ4n) is 3.79. The lowest BCUT2D eigenvalue weighted by atomic mass is 9.87. The van der Waals surface area contributed by atoms with Crippen molar-refractivity contribution in [3.63, 3.8) is 0 Å². The summed E-state index contributed by atoms with van der Waals surface area (Å²) in [6.07, 6.45) is 2.25. The summed E-state index contributed by atoms with van der Waals surface area (Å²) in [5.74, 6) is 0.788. The van der Waals surface area contributed by atoms with E-state index in [-0.39, 0.29) is 17.9 Å². The molecule has 0 radical (unpaired) electrons. The van der Waals surface area contributed by atoms with Gasteiger partial charge in [-0.2, -0.15) is 0 Å². The van der Waals surface area contributed by atoms with Crippen LogP contribution >= 0.6 is 15.9 Å². The molecule has 1 aromatic carbocycles. The van der Waals surface area contributed by atoms with Gasteiger partial charge in [-0.15, -0.1) is 0 Å². The molecule has 0 fully saturated rings. The van der Waals surface area contributed by atoms with Crippen molar-refractivity contribution in [2.75, 3.05) is 34.8 Å². The summed E-state index contributed by atoms with van der Waals surface area (Å²) >= 11 is 3.75. The van der Waals surface area contributed by atoms with Gasteiger partial charge >= 0.3 is 0 Å². The summed E-state index contributed by atoms with van der Waals surface area (Å²) in [5, 5.41) is 3.10. The molecule has 30 heavy (non-hydrogen) atoms. The number of unbranched alkanes of at least 4 members (excludes halogenated alkanes) is 1. The van der Waals surface area contributed by atoms with Crippen molar-refractivity contribution in [2.24, 2.45) is 0 Å². The fourth-order valence-corrected chi connectivity index (χ4v) is 4.38. The zero-order valence-corrected chi connectivity index (χ0v) is 20.6. The first kappa shape index (κ1) is 22.6. The number of carbonyl (C=O) groups is 1. The molecule has 3 rings (SSSR count). The Bertz CT molecular complexity index is 936. The van der Waals surface area contributed by atoms with Crippen LogP contribution in [0.1, 0.15) is 58.7 Å². The molecule has 2 heterocycles. The Hall–Kier alpha value is -2.08. The van der Waals surface area contributed by atoms with Crippen molar-refractivity contribution in [1.29, 1.82) is 0 Å². The number of halogens is 1. The molecule has 0 aliphatic carbocycles. The summed E-state index contributed by atoms with van der Waals surface area (Å²) in [7, 11) is 0. The second-order valence-corrected chi connectivity index (χ2v) is 9.82. The number of carbonyl (C=O) groups excluding carboxylic acids is 1. The first-order chi connectivity index (χ1) is 14.2. The summed E-state index contributed by atoms with van der Waals surface area (Å²) in [5.41, 5.74) is 5.06. The molecule has 0 atom stereocenters. The van der Waals surface area contributed by atoms with Gasteiger partial charge in [-0.1, -0.05) is 40.2 Å². The molecule has 2 aromatic rings. The number of rotatable bonds is 6. The van der Waals surface area contributed by atoms with Gasteiger partial charge in [0, 0.05) is 23.3 Å². The van der Waals surface area contributed by atoms with Crippen molar-refractivity contribution < 1.29 is 4.79 Å². The van der Waals surface area contributed by atoms with E-state index in [0.717, 1.165) is 59.0 Å². The fraction of sp³-hybridized carbons (Fsp3) is 0.500. The van der Waals surface area contributed by atoms with Gasteiger partial charge in [0.05, 0.1) is 11.4 Å². The molecule has 0 spiro atoms. The zero-order chi connectivity index (χ0) is 22.1. The summed E-state index contributed by atoms with van der Waals surface area (Å²) in [4.78, 5) is 21.9. The second-order valence-electron chi connectivity index (χ2n) is 8.97. The minimum atomic E-state index is -0.0206. The Morgan fingerprint density at radius 3 is 2.57 bits per heavy atom. The summed E-state index contributed by atoms with van der Waals surface area (Å²) in [6, 6.07) is 8.46. The van der Waals surface area contributed by atoms with E-state index in [9.17, 15) is 4.79 Å². The predicted octanol–water partition coefficient (Wildman–Crippen LogP) is 6.17. The first-order valence-corrected chi connectivity index (χ1v) is 11.6. The molecule has 1 aliphatic rings. The lowest BCUT2D eigenvalue weighted by Gasteiger charge is -2.35. The van der Waals surface area contributed by atoms with Gasteiger partial charge in [-0.05, 0) is 65.4 Å². The van der Waals surface area contributed by atoms with Crippen molar-refractivity contribution in [2.45, 2.75) is 59.8 Å². The lowest BCUT2D eigenvalue weighted by molar-refractivity contribution is -0.115. The highest BCUT2D eigenvalue weighted by Gasteiger charge is 2.30. The van der Waals surface area contributed by atoms with E-state index >= 15 is 0 Å². The number of benzene rings is 1. The number of aromatic nitrogens is 1. The van der Waals surface area contributed by atoms with E-state index in [1.165, 1.54) is 5.56 Å². The number of fused-ring (bicyclic) bond motifs is 1. The normalized spacial score (nSPS) is 13.8. The van der Waals surface area contributed by atoms with E-state index in [2.05, 4.69) is 85.0 Å². The zero-order valence-electron chi connectivity index (χ0n) is 19.0. The first-order valence-electron chi connectivity index (χ1n) is 10.8. The van der Waals surface area contributed by atoms with Crippen molar-refractivity contribution >= 4 is 44.7 Å². The average Bonchev–Trinajstić information content (AvgIpc) is 2.67. The number of hydrogen-bond donors (Lipinski definition) is 1. The Morgan fingerprint density at radius 2 is 1.97 bits per heavy atom. The molecular formula is C24H33BrN4O. The molecule has 1 N–H and O–H groups in total. The molecule has 1 aromatic heterocycles. The van der Waals surface area contributed by atoms with Gasteiger partial charge in [-0.25, -0.2) is 4.98 Å². The van der Waals surface area contributed by atoms with Crippen LogP contribution < -0.4 is 15.1 Å². The average molecular weight is 473 g/mol. The van der Waals surface area contributed by atoms with Gasteiger partial charge in [0.2, 0.25) is 5.91 Å². The topological polar surface area (TPSA) is 48.5 Å². The molecule has 162 valence electrons. The van der Waals surface area contributed by atoms with E-state index in [0.29, 0.717) is 0 Å². The van der Waals surface area contributed by atoms with Crippen LogP contribution in [0, 0.1) is 6.92 Å². The van der Waals surface area contributed by atoms with E-state index in [1.807, 2.05) is 11.8 Å². The highest BCUT2D eigenvalue weighted by atomic mass is 79.9. The molecule has 5 nitrogen and oxygen atoms in total. The Morgan fingerprint density at radius 1 is 1.23 bits per heavy atom. The van der Waals surface area contributed by atoms with Crippen LogP contribution in [-0.2, 0) is 10.2 Å². The number of nitrogens with zero attached hydrogens (tertiary/aromatic N) is 3. The maximum absolute atomic E-state index is 12.7. The third kappa shape index (κ3) is 4.64. The van der Waals surface area contributed by atoms with Crippen molar-refractivity contribution in [3.8, 4) is 0 Å². The highest BCUT2D eigenvalue weighted by Crippen LogP contribution is 2.43. The molecular weight excluding hydrogens is 440 g/mol. The van der Waals surface area contributed by atoms with Crippen LogP contribution in [0.2, 0.25) is 0 Å². The quantitative estimate of drug-likeness (QED) is 0.546. The molecule has 6 heteroatoms. The van der Waals surface area contributed by atoms with E-state index in [4.69, 9.17) is 4.98 Å². The Kier molecular flexibility index (Phi) is 6.75. The van der Waals surface area contributed by atoms with Crippen molar-refractivity contribution in [1.82, 2.24) is 4.98 Å². The third-order valence-corrected chi connectivity index (χ3v) is 6.17. The maximum atomic E-state index is 12.7. The number of amides is 1. The molecule has 1 aliphatic heterocycles. The second kappa shape index (κ2) is 8.96. The standard InChI is InChI=1S/C24H33BrN4O/c1-7-9-12-28(8-2)20-13-16(3)26-23-22(20)27-21(30)15-29(23)19-11-10-17(14-18(19)25)24(4,5)6/h10-11,13-14H,7-9,12,15H2,1-6H3,(H,27,30). The van der Waals surface area contributed by atoms with Crippen LogP contribution in [0.25, 0.3) is 0 Å². The van der Waals surface area contributed by atoms with E-state index in [1.54, 1.807) is 0 Å². The number of hydrogen-bond acceptors (Lipinski definition) is 4.